The zero-order valence-electron chi connectivity index (χ0n) is 15.0. The standard InChI is InChI=1S/C19H17N5O4/c1-10-9-15(21-16(25)11-5-2-3-6-12(11)18(27)28)24(23-10)19-20-14-8-4-7-13(14)17(26)22-19/h2-3,5-6,9H,4,7-8H2,1H3,(H,21,25)(H,27,28)(H,20,22,26). The van der Waals surface area contributed by atoms with Gasteiger partial charge in [-0.1, -0.05) is 12.1 Å². The number of nitrogens with zero attached hydrogens (tertiary/aromatic N) is 3. The molecule has 3 N–H and O–H groups in total. The fourth-order valence-electron chi connectivity index (χ4n) is 3.33. The third-order valence-corrected chi connectivity index (χ3v) is 4.60. The predicted octanol–water partition coefficient (Wildman–Crippen LogP) is 1.70. The van der Waals surface area contributed by atoms with Gasteiger partial charge in [0.2, 0.25) is 5.95 Å². The van der Waals surface area contributed by atoms with E-state index in [1.54, 1.807) is 25.1 Å². The number of benzene rings is 1. The Morgan fingerprint density at radius 2 is 1.96 bits per heavy atom. The molecule has 9 heteroatoms. The van der Waals surface area contributed by atoms with Crippen LogP contribution in [0, 0.1) is 6.92 Å². The van der Waals surface area contributed by atoms with Crippen LogP contribution in [0.3, 0.4) is 0 Å². The Morgan fingerprint density at radius 3 is 2.71 bits per heavy atom. The van der Waals surface area contributed by atoms with Crippen molar-refractivity contribution >= 4 is 17.7 Å². The summed E-state index contributed by atoms with van der Waals surface area (Å²) in [6.45, 7) is 1.74. The Morgan fingerprint density at radius 1 is 1.21 bits per heavy atom. The number of amides is 1. The van der Waals surface area contributed by atoms with Gasteiger partial charge in [-0.3, -0.25) is 14.6 Å². The van der Waals surface area contributed by atoms with Gasteiger partial charge in [-0.2, -0.15) is 9.78 Å². The van der Waals surface area contributed by atoms with Crippen LogP contribution in [-0.4, -0.2) is 36.7 Å². The number of aromatic nitrogens is 4. The first-order chi connectivity index (χ1) is 13.4. The van der Waals surface area contributed by atoms with Gasteiger partial charge >= 0.3 is 5.97 Å². The summed E-state index contributed by atoms with van der Waals surface area (Å²) >= 11 is 0. The van der Waals surface area contributed by atoms with Crippen molar-refractivity contribution in [2.45, 2.75) is 26.2 Å². The number of aromatic carboxylic acids is 1. The lowest BCUT2D eigenvalue weighted by atomic mass is 10.1. The SMILES string of the molecule is Cc1cc(NC(=O)c2ccccc2C(=O)O)n(-c2nc3c(c(=O)[nH]2)CCC3)n1. The molecule has 4 rings (SSSR count). The van der Waals surface area contributed by atoms with Crippen LogP contribution >= 0.6 is 0 Å². The average molecular weight is 379 g/mol. The van der Waals surface area contributed by atoms with Crippen LogP contribution in [0.2, 0.25) is 0 Å². The van der Waals surface area contributed by atoms with Gasteiger partial charge in [0.15, 0.2) is 0 Å². The molecule has 0 atom stereocenters. The molecule has 2 heterocycles. The molecule has 0 bridgehead atoms. The van der Waals surface area contributed by atoms with Crippen molar-refractivity contribution in [3.63, 3.8) is 0 Å². The molecule has 2 aromatic heterocycles. The van der Waals surface area contributed by atoms with Crippen LogP contribution in [0.4, 0.5) is 5.82 Å². The normalized spacial score (nSPS) is 12.6. The van der Waals surface area contributed by atoms with E-state index in [0.29, 0.717) is 17.7 Å². The average Bonchev–Trinajstić information content (AvgIpc) is 3.28. The predicted molar refractivity (Wildman–Crippen MR) is 100 cm³/mol. The molecule has 0 fully saturated rings. The molecule has 0 radical (unpaired) electrons. The zero-order valence-corrected chi connectivity index (χ0v) is 15.0. The highest BCUT2D eigenvalue weighted by Crippen LogP contribution is 2.20. The maximum absolute atomic E-state index is 12.7. The van der Waals surface area contributed by atoms with Crippen molar-refractivity contribution in [1.82, 2.24) is 19.7 Å². The molecule has 3 aromatic rings. The minimum atomic E-state index is -1.19. The van der Waals surface area contributed by atoms with Crippen LogP contribution in [0.1, 0.15) is 44.1 Å². The van der Waals surface area contributed by atoms with E-state index in [1.165, 1.54) is 16.8 Å². The Kier molecular flexibility index (Phi) is 4.26. The first kappa shape index (κ1) is 17.7. The molecular formula is C19H17N5O4. The quantitative estimate of drug-likeness (QED) is 0.633. The van der Waals surface area contributed by atoms with Gasteiger partial charge in [0.25, 0.3) is 11.5 Å². The number of H-pyrrole nitrogens is 1. The molecule has 0 aliphatic heterocycles. The van der Waals surface area contributed by atoms with E-state index in [1.807, 2.05) is 0 Å². The van der Waals surface area contributed by atoms with E-state index in [9.17, 15) is 19.5 Å². The van der Waals surface area contributed by atoms with Crippen LogP contribution in [0.25, 0.3) is 5.95 Å². The summed E-state index contributed by atoms with van der Waals surface area (Å²) in [4.78, 5) is 43.5. The minimum absolute atomic E-state index is 0.0239. The Labute approximate surface area is 159 Å². The van der Waals surface area contributed by atoms with Crippen molar-refractivity contribution in [2.24, 2.45) is 0 Å². The lowest BCUT2D eigenvalue weighted by Crippen LogP contribution is -2.22. The van der Waals surface area contributed by atoms with Gasteiger partial charge < -0.3 is 10.4 Å². The van der Waals surface area contributed by atoms with Crippen molar-refractivity contribution in [1.29, 1.82) is 0 Å². The molecule has 9 nitrogen and oxygen atoms in total. The van der Waals surface area contributed by atoms with E-state index in [-0.39, 0.29) is 28.5 Å². The van der Waals surface area contributed by atoms with Crippen molar-refractivity contribution < 1.29 is 14.7 Å². The molecule has 28 heavy (non-hydrogen) atoms. The van der Waals surface area contributed by atoms with E-state index in [2.05, 4.69) is 20.4 Å². The fourth-order valence-corrected chi connectivity index (χ4v) is 3.33. The van der Waals surface area contributed by atoms with Gasteiger partial charge in [-0.05, 0) is 38.3 Å². The topological polar surface area (TPSA) is 130 Å². The lowest BCUT2D eigenvalue weighted by Gasteiger charge is -2.10. The first-order valence-electron chi connectivity index (χ1n) is 8.77. The number of carboxylic acids is 1. The van der Waals surface area contributed by atoms with Crippen molar-refractivity contribution in [3.8, 4) is 5.95 Å². The summed E-state index contributed by atoms with van der Waals surface area (Å²) in [5, 5.41) is 16.3. The summed E-state index contributed by atoms with van der Waals surface area (Å²) in [5.74, 6) is -1.30. The largest absolute Gasteiger partial charge is 0.478 e. The lowest BCUT2D eigenvalue weighted by molar-refractivity contribution is 0.0692. The number of hydrogen-bond acceptors (Lipinski definition) is 5. The Hall–Kier alpha value is -3.75. The van der Waals surface area contributed by atoms with Crippen LogP contribution in [0.5, 0.6) is 0 Å². The molecular weight excluding hydrogens is 362 g/mol. The first-order valence-corrected chi connectivity index (χ1v) is 8.77. The highest BCUT2D eigenvalue weighted by Gasteiger charge is 2.21. The molecule has 0 saturated carbocycles. The van der Waals surface area contributed by atoms with E-state index >= 15 is 0 Å². The van der Waals surface area contributed by atoms with Crippen LogP contribution in [-0.2, 0) is 12.8 Å². The number of carbonyl (C=O) groups excluding carboxylic acids is 1. The molecule has 1 aliphatic carbocycles. The van der Waals surface area contributed by atoms with Gasteiger partial charge in [0, 0.05) is 11.6 Å². The summed E-state index contributed by atoms with van der Waals surface area (Å²) in [5.41, 5.74) is 1.74. The van der Waals surface area contributed by atoms with Crippen LogP contribution < -0.4 is 10.9 Å². The van der Waals surface area contributed by atoms with E-state index < -0.39 is 11.9 Å². The molecule has 0 unspecified atom stereocenters. The minimum Gasteiger partial charge on any atom is -0.478 e. The second kappa shape index (κ2) is 6.76. The summed E-state index contributed by atoms with van der Waals surface area (Å²) in [7, 11) is 0. The number of hydrogen-bond donors (Lipinski definition) is 3. The smallest absolute Gasteiger partial charge is 0.336 e. The molecule has 1 aromatic carbocycles. The van der Waals surface area contributed by atoms with Gasteiger partial charge in [-0.15, -0.1) is 0 Å². The maximum Gasteiger partial charge on any atom is 0.336 e. The van der Waals surface area contributed by atoms with E-state index in [0.717, 1.165) is 18.5 Å². The number of rotatable bonds is 4. The maximum atomic E-state index is 12.7. The third kappa shape index (κ3) is 3.07. The second-order valence-corrected chi connectivity index (χ2v) is 6.56. The van der Waals surface area contributed by atoms with E-state index in [4.69, 9.17) is 0 Å². The molecule has 142 valence electrons. The van der Waals surface area contributed by atoms with Crippen molar-refractivity contribution in [2.75, 3.05) is 5.32 Å². The summed E-state index contributed by atoms with van der Waals surface area (Å²) in [6.07, 6.45) is 2.30. The number of aryl methyl sites for hydroxylation is 2. The summed E-state index contributed by atoms with van der Waals surface area (Å²) in [6, 6.07) is 7.55. The van der Waals surface area contributed by atoms with Crippen LogP contribution in [0.15, 0.2) is 35.1 Å². The monoisotopic (exact) mass is 379 g/mol. The molecule has 0 saturated heterocycles. The highest BCUT2D eigenvalue weighted by atomic mass is 16.4. The Balaban J connectivity index is 1.72. The van der Waals surface area contributed by atoms with Gasteiger partial charge in [0.05, 0.1) is 22.5 Å². The Bertz CT molecular complexity index is 1160. The number of fused-ring (bicyclic) bond motifs is 1. The van der Waals surface area contributed by atoms with Gasteiger partial charge in [-0.25, -0.2) is 9.78 Å². The molecule has 1 amide bonds. The zero-order chi connectivity index (χ0) is 19.8. The number of anilines is 1. The number of nitrogens with one attached hydrogen (secondary N) is 2. The molecule has 1 aliphatic rings. The highest BCUT2D eigenvalue weighted by molar-refractivity contribution is 6.10. The van der Waals surface area contributed by atoms with Gasteiger partial charge in [0.1, 0.15) is 5.82 Å². The van der Waals surface area contributed by atoms with Crippen molar-refractivity contribution in [3.05, 3.63) is 68.8 Å². The summed E-state index contributed by atoms with van der Waals surface area (Å²) < 4.78 is 1.34. The second-order valence-electron chi connectivity index (χ2n) is 6.56. The number of aromatic amines is 1. The fraction of sp³-hybridized carbons (Fsp3) is 0.211. The molecule has 0 spiro atoms. The number of carbonyl (C=O) groups is 2. The third-order valence-electron chi connectivity index (χ3n) is 4.60. The number of carboxylic acid groups (broad SMARTS) is 1.